The predicted octanol–water partition coefficient (Wildman–Crippen LogP) is 5.71. The van der Waals surface area contributed by atoms with Crippen LogP contribution in [0, 0.1) is 0 Å². The van der Waals surface area contributed by atoms with Crippen LogP contribution in [0.1, 0.15) is 42.4 Å². The Morgan fingerprint density at radius 1 is 1.22 bits per heavy atom. The third kappa shape index (κ3) is 3.26. The Morgan fingerprint density at radius 3 is 2.48 bits per heavy atom. The van der Waals surface area contributed by atoms with Gasteiger partial charge in [0.2, 0.25) is 5.91 Å². The normalized spacial score (nSPS) is 20.0. The summed E-state index contributed by atoms with van der Waals surface area (Å²) < 4.78 is 42.8. The fourth-order valence-corrected chi connectivity index (χ4v) is 4.24. The molecule has 0 fully saturated rings. The first-order valence-electron chi connectivity index (χ1n) is 8.16. The molecule has 0 bridgehead atoms. The molecule has 2 aromatic rings. The van der Waals surface area contributed by atoms with Crippen molar-refractivity contribution in [1.82, 2.24) is 0 Å². The summed E-state index contributed by atoms with van der Waals surface area (Å²) in [5.41, 5.74) is -2.49. The molecule has 3 rings (SSSR count). The summed E-state index contributed by atoms with van der Waals surface area (Å²) >= 11 is 9.35. The predicted molar refractivity (Wildman–Crippen MR) is 101 cm³/mol. The molecule has 3 atom stereocenters. The van der Waals surface area contributed by atoms with E-state index in [1.54, 1.807) is 13.0 Å². The molecule has 1 heterocycles. The second-order valence-electron chi connectivity index (χ2n) is 6.66. The van der Waals surface area contributed by atoms with Crippen LogP contribution in [-0.2, 0) is 10.4 Å². The Hall–Kier alpha value is -1.57. The van der Waals surface area contributed by atoms with Crippen molar-refractivity contribution >= 4 is 39.1 Å². The standard InChI is InChI=1S/C19H16BrClF3NO2/c1-9-13-5-3-11(7-16(13)25-17(9)26)18(27,19(22,23)24)10(2)14-6-4-12(20)8-15(14)21/h3-10,27H,1-2H3,(H,25,26). The molecule has 0 saturated carbocycles. The number of carbonyl (C=O) groups is 1. The zero-order valence-electron chi connectivity index (χ0n) is 14.4. The largest absolute Gasteiger partial charge is 0.422 e. The van der Waals surface area contributed by atoms with Crippen LogP contribution >= 0.6 is 27.5 Å². The van der Waals surface area contributed by atoms with Gasteiger partial charge in [0, 0.05) is 21.1 Å². The lowest BCUT2D eigenvalue weighted by atomic mass is 9.77. The number of nitrogens with one attached hydrogen (secondary N) is 1. The highest BCUT2D eigenvalue weighted by Gasteiger charge is 2.59. The molecular formula is C19H16BrClF3NO2. The van der Waals surface area contributed by atoms with E-state index in [0.717, 1.165) is 0 Å². The van der Waals surface area contributed by atoms with Gasteiger partial charge in [-0.3, -0.25) is 4.79 Å². The van der Waals surface area contributed by atoms with Crippen LogP contribution in [0.2, 0.25) is 5.02 Å². The van der Waals surface area contributed by atoms with Crippen molar-refractivity contribution in [1.29, 1.82) is 0 Å². The number of carbonyl (C=O) groups excluding carboxylic acids is 1. The van der Waals surface area contributed by atoms with E-state index >= 15 is 0 Å². The molecule has 3 unspecified atom stereocenters. The van der Waals surface area contributed by atoms with Gasteiger partial charge in [-0.25, -0.2) is 0 Å². The van der Waals surface area contributed by atoms with Gasteiger partial charge in [0.15, 0.2) is 5.60 Å². The molecule has 1 aliphatic heterocycles. The molecule has 0 aromatic heterocycles. The lowest BCUT2D eigenvalue weighted by molar-refractivity contribution is -0.274. The average molecular weight is 463 g/mol. The molecule has 27 heavy (non-hydrogen) atoms. The molecule has 0 radical (unpaired) electrons. The molecule has 144 valence electrons. The van der Waals surface area contributed by atoms with Crippen LogP contribution in [0.3, 0.4) is 0 Å². The zero-order chi connectivity index (χ0) is 20.1. The topological polar surface area (TPSA) is 49.3 Å². The maximum Gasteiger partial charge on any atom is 0.422 e. The fraction of sp³-hybridized carbons (Fsp3) is 0.316. The van der Waals surface area contributed by atoms with E-state index in [2.05, 4.69) is 21.2 Å². The average Bonchev–Trinajstić information content (AvgIpc) is 2.86. The van der Waals surface area contributed by atoms with Crippen molar-refractivity contribution in [3.63, 3.8) is 0 Å². The molecule has 0 aliphatic carbocycles. The highest BCUT2D eigenvalue weighted by Crippen LogP contribution is 2.51. The number of hydrogen-bond acceptors (Lipinski definition) is 2. The van der Waals surface area contributed by atoms with Gasteiger partial charge in [-0.15, -0.1) is 0 Å². The summed E-state index contributed by atoms with van der Waals surface area (Å²) in [6.07, 6.45) is -4.97. The summed E-state index contributed by atoms with van der Waals surface area (Å²) in [4.78, 5) is 11.8. The van der Waals surface area contributed by atoms with Crippen molar-refractivity contribution in [2.75, 3.05) is 5.32 Å². The molecule has 1 amide bonds. The summed E-state index contributed by atoms with van der Waals surface area (Å²) in [6, 6.07) is 8.35. The number of benzene rings is 2. The molecule has 2 N–H and O–H groups in total. The second-order valence-corrected chi connectivity index (χ2v) is 7.99. The summed E-state index contributed by atoms with van der Waals surface area (Å²) in [6.45, 7) is 2.94. The van der Waals surface area contributed by atoms with Crippen LogP contribution in [-0.4, -0.2) is 17.2 Å². The minimum absolute atomic E-state index is 0.114. The lowest BCUT2D eigenvalue weighted by Crippen LogP contribution is -2.46. The molecule has 3 nitrogen and oxygen atoms in total. The number of halogens is 5. The monoisotopic (exact) mass is 461 g/mol. The van der Waals surface area contributed by atoms with Gasteiger partial charge in [0.25, 0.3) is 0 Å². The molecular weight excluding hydrogens is 447 g/mol. The van der Waals surface area contributed by atoms with E-state index in [1.807, 2.05) is 0 Å². The summed E-state index contributed by atoms with van der Waals surface area (Å²) in [7, 11) is 0. The number of hydrogen-bond donors (Lipinski definition) is 2. The van der Waals surface area contributed by atoms with Crippen LogP contribution in [0.15, 0.2) is 40.9 Å². The Kier molecular flexibility index (Phi) is 5.08. The van der Waals surface area contributed by atoms with E-state index in [4.69, 9.17) is 11.6 Å². The molecule has 1 aliphatic rings. The lowest BCUT2D eigenvalue weighted by Gasteiger charge is -2.37. The van der Waals surface area contributed by atoms with E-state index in [1.165, 1.54) is 37.3 Å². The van der Waals surface area contributed by atoms with Crippen molar-refractivity contribution < 1.29 is 23.1 Å². The Bertz CT molecular complexity index is 918. The van der Waals surface area contributed by atoms with Crippen molar-refractivity contribution in [3.8, 4) is 0 Å². The SMILES string of the molecule is CC1C(=O)Nc2cc(C(O)(C(C)c3ccc(Br)cc3Cl)C(F)(F)F)ccc21. The third-order valence-corrected chi connectivity index (χ3v) is 5.92. The first kappa shape index (κ1) is 20.2. The number of anilines is 1. The van der Waals surface area contributed by atoms with Gasteiger partial charge in [0.1, 0.15) is 0 Å². The zero-order valence-corrected chi connectivity index (χ0v) is 16.7. The summed E-state index contributed by atoms with van der Waals surface area (Å²) in [5.74, 6) is -2.13. The summed E-state index contributed by atoms with van der Waals surface area (Å²) in [5, 5.41) is 13.6. The van der Waals surface area contributed by atoms with Gasteiger partial charge in [-0.2, -0.15) is 13.2 Å². The quantitative estimate of drug-likeness (QED) is 0.614. The maximum absolute atomic E-state index is 14.1. The van der Waals surface area contributed by atoms with Gasteiger partial charge in [0.05, 0.1) is 5.92 Å². The first-order valence-corrected chi connectivity index (χ1v) is 9.33. The minimum atomic E-state index is -4.97. The van der Waals surface area contributed by atoms with Crippen molar-refractivity contribution in [2.24, 2.45) is 0 Å². The molecule has 2 aromatic carbocycles. The van der Waals surface area contributed by atoms with Crippen molar-refractivity contribution in [3.05, 3.63) is 62.6 Å². The van der Waals surface area contributed by atoms with Gasteiger partial charge in [-0.1, -0.05) is 52.7 Å². The van der Waals surface area contributed by atoms with Gasteiger partial charge >= 0.3 is 6.18 Å². The molecule has 0 spiro atoms. The second kappa shape index (κ2) is 6.79. The first-order chi connectivity index (χ1) is 12.5. The highest BCUT2D eigenvalue weighted by atomic mass is 79.9. The number of amides is 1. The smallest absolute Gasteiger partial charge is 0.376 e. The Balaban J connectivity index is 2.14. The van der Waals surface area contributed by atoms with Crippen LogP contribution in [0.25, 0.3) is 0 Å². The Labute approximate surface area is 167 Å². The molecule has 0 saturated heterocycles. The fourth-order valence-electron chi connectivity index (χ4n) is 3.40. The van der Waals surface area contributed by atoms with E-state index in [0.29, 0.717) is 10.0 Å². The third-order valence-electron chi connectivity index (χ3n) is 5.10. The number of rotatable bonds is 3. The Morgan fingerprint density at radius 2 is 1.89 bits per heavy atom. The minimum Gasteiger partial charge on any atom is -0.376 e. The van der Waals surface area contributed by atoms with Gasteiger partial charge in [-0.05, 0) is 41.8 Å². The van der Waals surface area contributed by atoms with Gasteiger partial charge < -0.3 is 10.4 Å². The van der Waals surface area contributed by atoms with E-state index in [9.17, 15) is 23.1 Å². The number of aliphatic hydroxyl groups is 1. The van der Waals surface area contributed by atoms with E-state index in [-0.39, 0.29) is 27.7 Å². The number of alkyl halides is 3. The van der Waals surface area contributed by atoms with Crippen LogP contribution in [0.5, 0.6) is 0 Å². The number of fused-ring (bicyclic) bond motifs is 1. The molecule has 8 heteroatoms. The highest BCUT2D eigenvalue weighted by molar-refractivity contribution is 9.10. The van der Waals surface area contributed by atoms with E-state index < -0.39 is 23.6 Å². The van der Waals surface area contributed by atoms with Crippen molar-refractivity contribution in [2.45, 2.75) is 37.5 Å². The van der Waals surface area contributed by atoms with Crippen LogP contribution in [0.4, 0.5) is 18.9 Å². The van der Waals surface area contributed by atoms with Crippen LogP contribution < -0.4 is 5.32 Å². The maximum atomic E-state index is 14.1.